The maximum atomic E-state index is 13.1. The van der Waals surface area contributed by atoms with Gasteiger partial charge in [-0.2, -0.15) is 0 Å². The van der Waals surface area contributed by atoms with Crippen LogP contribution in [-0.2, 0) is 0 Å². The molecule has 0 atom stereocenters. The molecule has 1 N–H and O–H groups in total. The number of benzene rings is 2. The highest BCUT2D eigenvalue weighted by atomic mass is 79.9. The molecule has 0 saturated heterocycles. The maximum Gasteiger partial charge on any atom is 0.340 e. The van der Waals surface area contributed by atoms with Crippen molar-refractivity contribution in [2.24, 2.45) is 0 Å². The zero-order chi connectivity index (χ0) is 18.4. The van der Waals surface area contributed by atoms with Gasteiger partial charge >= 0.3 is 5.69 Å². The van der Waals surface area contributed by atoms with Gasteiger partial charge in [0.1, 0.15) is 11.3 Å². The fourth-order valence-corrected chi connectivity index (χ4v) is 3.74. The molecule has 0 radical (unpaired) electrons. The average Bonchev–Trinajstić information content (AvgIpc) is 2.88. The molecule has 0 aliphatic heterocycles. The fraction of sp³-hybridized carbons (Fsp3) is 0.111. The van der Waals surface area contributed by atoms with Gasteiger partial charge in [-0.05, 0) is 59.3 Å². The van der Waals surface area contributed by atoms with Crippen molar-refractivity contribution < 1.29 is 9.84 Å². The Bertz CT molecular complexity index is 1210. The van der Waals surface area contributed by atoms with Crippen LogP contribution >= 0.6 is 31.9 Å². The molecule has 0 saturated carbocycles. The van der Waals surface area contributed by atoms with Gasteiger partial charge in [-0.3, -0.25) is 9.38 Å². The molecule has 2 aromatic carbocycles. The topological polar surface area (TPSA) is 68.8 Å². The molecule has 0 aliphatic rings. The summed E-state index contributed by atoms with van der Waals surface area (Å²) >= 11 is 6.85. The number of nitrogens with zero attached hydrogens (tertiary/aromatic N) is 3. The van der Waals surface area contributed by atoms with Gasteiger partial charge in [0, 0.05) is 4.47 Å². The predicted octanol–water partition coefficient (Wildman–Crippen LogP) is 4.27. The van der Waals surface area contributed by atoms with Crippen molar-refractivity contribution in [3.05, 3.63) is 62.0 Å². The lowest BCUT2D eigenvalue weighted by molar-refractivity contribution is 0.338. The lowest BCUT2D eigenvalue weighted by Gasteiger charge is -2.08. The summed E-state index contributed by atoms with van der Waals surface area (Å²) in [7, 11) is 0. The molecule has 2 heterocycles. The second-order valence-corrected chi connectivity index (χ2v) is 7.37. The Morgan fingerprint density at radius 2 is 1.96 bits per heavy atom. The van der Waals surface area contributed by atoms with E-state index in [-0.39, 0.29) is 11.6 Å². The molecule has 2 aromatic heterocycles. The van der Waals surface area contributed by atoms with E-state index in [9.17, 15) is 9.90 Å². The fourth-order valence-electron chi connectivity index (χ4n) is 2.91. The first-order valence-electron chi connectivity index (χ1n) is 7.84. The quantitative estimate of drug-likeness (QED) is 0.477. The van der Waals surface area contributed by atoms with E-state index in [0.29, 0.717) is 39.1 Å². The molecular weight excluding hydrogens is 466 g/mol. The van der Waals surface area contributed by atoms with E-state index in [1.54, 1.807) is 24.3 Å². The van der Waals surface area contributed by atoms with E-state index in [1.165, 1.54) is 15.2 Å². The molecule has 4 aromatic rings. The highest BCUT2D eigenvalue weighted by molar-refractivity contribution is 9.10. The van der Waals surface area contributed by atoms with Crippen LogP contribution in [0, 0.1) is 0 Å². The van der Waals surface area contributed by atoms with Gasteiger partial charge in [0.25, 0.3) is 0 Å². The minimum Gasteiger partial charge on any atom is -0.493 e. The Hall–Kier alpha value is -2.32. The highest BCUT2D eigenvalue weighted by Gasteiger charge is 2.18. The van der Waals surface area contributed by atoms with E-state index in [2.05, 4.69) is 36.8 Å². The molecule has 132 valence electrons. The van der Waals surface area contributed by atoms with Crippen molar-refractivity contribution in [3.8, 4) is 17.3 Å². The molecule has 0 fully saturated rings. The second-order valence-electron chi connectivity index (χ2n) is 5.60. The van der Waals surface area contributed by atoms with Gasteiger partial charge in [0.15, 0.2) is 0 Å². The summed E-state index contributed by atoms with van der Waals surface area (Å²) in [6, 6.07) is 10.7. The van der Waals surface area contributed by atoms with Crippen LogP contribution in [0.15, 0.2) is 56.3 Å². The summed E-state index contributed by atoms with van der Waals surface area (Å²) in [4.78, 5) is 17.4. The number of ether oxygens (including phenoxy) is 1. The molecule has 0 amide bonds. The van der Waals surface area contributed by atoms with E-state index in [4.69, 9.17) is 4.74 Å². The third-order valence-electron chi connectivity index (χ3n) is 4.04. The van der Waals surface area contributed by atoms with E-state index in [0.717, 1.165) is 4.47 Å². The first-order valence-corrected chi connectivity index (χ1v) is 9.43. The minimum absolute atomic E-state index is 0.166. The number of hydrogen-bond donors (Lipinski definition) is 1. The van der Waals surface area contributed by atoms with E-state index in [1.807, 2.05) is 19.1 Å². The lowest BCUT2D eigenvalue weighted by atomic mass is 10.3. The van der Waals surface area contributed by atoms with Gasteiger partial charge in [0.05, 0.1) is 34.0 Å². The minimum atomic E-state index is -0.376. The molecular formula is C18H13Br2N3O3. The normalized spacial score (nSPS) is 11.3. The Morgan fingerprint density at radius 3 is 2.69 bits per heavy atom. The van der Waals surface area contributed by atoms with Crippen LogP contribution in [0.5, 0.6) is 11.6 Å². The zero-order valence-electron chi connectivity index (χ0n) is 13.6. The van der Waals surface area contributed by atoms with Crippen molar-refractivity contribution in [3.63, 3.8) is 0 Å². The number of rotatable bonds is 3. The number of imidazole rings is 1. The number of hydrogen-bond acceptors (Lipinski definition) is 4. The molecule has 0 aliphatic carbocycles. The number of halogens is 2. The molecule has 0 unspecified atom stereocenters. The SMILES string of the molecule is CCOc1ccc(-n2c(O)c3cnc4ccc(Br)cc4n3c2=O)cc1Br. The number of aromatic hydroxyl groups is 1. The molecule has 6 nitrogen and oxygen atoms in total. The van der Waals surface area contributed by atoms with Gasteiger partial charge in [-0.25, -0.2) is 9.36 Å². The maximum absolute atomic E-state index is 13.1. The highest BCUT2D eigenvalue weighted by Crippen LogP contribution is 2.30. The predicted molar refractivity (Wildman–Crippen MR) is 107 cm³/mol. The van der Waals surface area contributed by atoms with Gasteiger partial charge in [-0.1, -0.05) is 15.9 Å². The first-order chi connectivity index (χ1) is 12.5. The standard InChI is InChI=1S/C18H13Br2N3O3/c1-2-26-16-6-4-11(8-12(16)20)22-17(24)15-9-21-13-5-3-10(19)7-14(13)23(15)18(22)25/h3-9,24H,2H2,1H3. The summed E-state index contributed by atoms with van der Waals surface area (Å²) in [6.45, 7) is 2.43. The van der Waals surface area contributed by atoms with Crippen LogP contribution in [0.4, 0.5) is 0 Å². The molecule has 0 spiro atoms. The number of aromatic nitrogens is 3. The van der Waals surface area contributed by atoms with Crippen LogP contribution in [0.25, 0.3) is 22.2 Å². The van der Waals surface area contributed by atoms with Crippen molar-refractivity contribution >= 4 is 48.4 Å². The summed E-state index contributed by atoms with van der Waals surface area (Å²) < 4.78 is 9.72. The van der Waals surface area contributed by atoms with Crippen molar-refractivity contribution in [1.29, 1.82) is 0 Å². The van der Waals surface area contributed by atoms with E-state index < -0.39 is 0 Å². The van der Waals surface area contributed by atoms with Crippen LogP contribution < -0.4 is 10.4 Å². The summed E-state index contributed by atoms with van der Waals surface area (Å²) in [5.74, 6) is 0.504. The van der Waals surface area contributed by atoms with Crippen molar-refractivity contribution in [1.82, 2.24) is 14.0 Å². The lowest BCUT2D eigenvalue weighted by Crippen LogP contribution is -2.19. The third kappa shape index (κ3) is 2.60. The van der Waals surface area contributed by atoms with Gasteiger partial charge in [0.2, 0.25) is 5.88 Å². The van der Waals surface area contributed by atoms with Gasteiger partial charge in [-0.15, -0.1) is 0 Å². The molecule has 8 heteroatoms. The smallest absolute Gasteiger partial charge is 0.340 e. The van der Waals surface area contributed by atoms with Crippen LogP contribution in [0.1, 0.15) is 6.92 Å². The summed E-state index contributed by atoms with van der Waals surface area (Å²) in [6.07, 6.45) is 1.49. The Morgan fingerprint density at radius 1 is 1.15 bits per heavy atom. The van der Waals surface area contributed by atoms with Crippen molar-refractivity contribution in [2.45, 2.75) is 6.92 Å². The molecule has 26 heavy (non-hydrogen) atoms. The average molecular weight is 479 g/mol. The summed E-state index contributed by atoms with van der Waals surface area (Å²) in [5, 5.41) is 10.7. The molecule has 4 rings (SSSR count). The second kappa shape index (κ2) is 6.44. The zero-order valence-corrected chi connectivity index (χ0v) is 16.8. The van der Waals surface area contributed by atoms with Crippen LogP contribution in [0.2, 0.25) is 0 Å². The van der Waals surface area contributed by atoms with Crippen molar-refractivity contribution in [2.75, 3.05) is 6.61 Å². The van der Waals surface area contributed by atoms with Crippen LogP contribution in [0.3, 0.4) is 0 Å². The number of fused-ring (bicyclic) bond motifs is 3. The third-order valence-corrected chi connectivity index (χ3v) is 5.16. The Balaban J connectivity index is 2.02. The Kier molecular flexibility index (Phi) is 4.24. The summed E-state index contributed by atoms with van der Waals surface area (Å²) in [5.41, 5.74) is 1.76. The van der Waals surface area contributed by atoms with Crippen LogP contribution in [-0.4, -0.2) is 25.7 Å². The Labute approximate surface area is 164 Å². The van der Waals surface area contributed by atoms with Gasteiger partial charge < -0.3 is 9.84 Å². The monoisotopic (exact) mass is 477 g/mol. The van der Waals surface area contributed by atoms with E-state index >= 15 is 0 Å². The first kappa shape index (κ1) is 17.1. The molecule has 0 bridgehead atoms. The largest absolute Gasteiger partial charge is 0.493 e.